The molecule has 2 aliphatic heterocycles. The predicted octanol–water partition coefficient (Wildman–Crippen LogP) is 5.30. The number of H-pyrrole nitrogens is 2. The molecule has 0 radical (unpaired) electrons. The van der Waals surface area contributed by atoms with Crippen LogP contribution in [-0.4, -0.2) is 54.2 Å². The molecule has 6 aromatic rings. The van der Waals surface area contributed by atoms with Gasteiger partial charge in [0.2, 0.25) is 0 Å². The molecule has 9 heteroatoms. The zero-order valence-corrected chi connectivity index (χ0v) is 21.2. The van der Waals surface area contributed by atoms with Crippen molar-refractivity contribution < 1.29 is 9.52 Å². The molecule has 9 nitrogen and oxygen atoms in total. The number of fused-ring (bicyclic) bond motifs is 6. The summed E-state index contributed by atoms with van der Waals surface area (Å²) in [5.41, 5.74) is 5.32. The first-order chi connectivity index (χ1) is 18.6. The second-order valence-corrected chi connectivity index (χ2v) is 10.7. The molecule has 4 aromatic heterocycles. The lowest BCUT2D eigenvalue weighted by molar-refractivity contribution is 0.00729. The number of aromatic amines is 2. The molecule has 0 spiro atoms. The lowest BCUT2D eigenvalue weighted by Crippen LogP contribution is -2.32. The molecule has 2 fully saturated rings. The Morgan fingerprint density at radius 3 is 2.82 bits per heavy atom. The molecule has 0 bridgehead atoms. The lowest BCUT2D eigenvalue weighted by atomic mass is 10.1. The monoisotopic (exact) mass is 507 g/mol. The molecule has 192 valence electrons. The largest absolute Gasteiger partial charge is 0.452 e. The smallest absolute Gasteiger partial charge is 0.162 e. The van der Waals surface area contributed by atoms with Gasteiger partial charge in [-0.2, -0.15) is 0 Å². The molecular weight excluding hydrogens is 478 g/mol. The molecule has 38 heavy (non-hydrogen) atoms. The highest BCUT2D eigenvalue weighted by atomic mass is 16.3. The Morgan fingerprint density at radius 1 is 1.03 bits per heavy atom. The molecular formula is C29H29N7O2. The van der Waals surface area contributed by atoms with Crippen molar-refractivity contribution >= 4 is 43.8 Å². The van der Waals surface area contributed by atoms with Crippen LogP contribution >= 0.6 is 0 Å². The van der Waals surface area contributed by atoms with Gasteiger partial charge < -0.3 is 24.8 Å². The fraction of sp³-hybridized carbons (Fsp3) is 0.345. The standard InChI is InChI=1S/C29H29N7O2/c1-15(37)36-11-3-5-23(36)29-33-19-8-6-16-12-22(31-14-18(16)25(19)34-29)24-13-17-7-9-20-26(27(17)38-24)35-28(32-20)21-4-2-10-30-21/h6-9,12-15,21,23,30-31,37H,2-5,10-11H2,1H3,(H,32,35). The summed E-state index contributed by atoms with van der Waals surface area (Å²) in [4.78, 5) is 23.7. The third-order valence-electron chi connectivity index (χ3n) is 8.25. The van der Waals surface area contributed by atoms with E-state index in [-0.39, 0.29) is 12.1 Å². The summed E-state index contributed by atoms with van der Waals surface area (Å²) in [6.07, 6.45) is 5.76. The number of pyridine rings is 1. The second kappa shape index (κ2) is 8.36. The molecule has 0 amide bonds. The van der Waals surface area contributed by atoms with Gasteiger partial charge in [0.15, 0.2) is 11.3 Å². The summed E-state index contributed by atoms with van der Waals surface area (Å²) in [6.45, 7) is 3.71. The van der Waals surface area contributed by atoms with Crippen LogP contribution in [0.5, 0.6) is 0 Å². The molecule has 2 aromatic carbocycles. The van der Waals surface area contributed by atoms with Crippen molar-refractivity contribution in [2.75, 3.05) is 13.1 Å². The van der Waals surface area contributed by atoms with Gasteiger partial charge in [0, 0.05) is 23.5 Å². The number of likely N-dealkylation sites (tertiary alicyclic amines) is 1. The van der Waals surface area contributed by atoms with Gasteiger partial charge in [-0.3, -0.25) is 4.90 Å². The van der Waals surface area contributed by atoms with Gasteiger partial charge >= 0.3 is 0 Å². The maximum Gasteiger partial charge on any atom is 0.162 e. The molecule has 0 aliphatic carbocycles. The fourth-order valence-electron chi connectivity index (χ4n) is 6.31. The molecule has 4 N–H and O–H groups in total. The van der Waals surface area contributed by atoms with Crippen LogP contribution < -0.4 is 5.32 Å². The van der Waals surface area contributed by atoms with Crippen molar-refractivity contribution in [3.8, 4) is 11.5 Å². The first-order valence-electron chi connectivity index (χ1n) is 13.5. The van der Waals surface area contributed by atoms with Crippen molar-refractivity contribution in [1.82, 2.24) is 35.1 Å². The predicted molar refractivity (Wildman–Crippen MR) is 147 cm³/mol. The number of aliphatic hydroxyl groups is 1. The highest BCUT2D eigenvalue weighted by Gasteiger charge is 2.32. The van der Waals surface area contributed by atoms with Crippen molar-refractivity contribution in [2.45, 2.75) is 50.9 Å². The van der Waals surface area contributed by atoms with Gasteiger partial charge in [-0.1, -0.05) is 6.07 Å². The van der Waals surface area contributed by atoms with Crippen LogP contribution in [0.25, 0.3) is 55.3 Å². The maximum atomic E-state index is 10.2. The van der Waals surface area contributed by atoms with Crippen molar-refractivity contribution in [1.29, 1.82) is 0 Å². The maximum absolute atomic E-state index is 10.2. The van der Waals surface area contributed by atoms with Gasteiger partial charge in [-0.05, 0) is 74.9 Å². The Balaban J connectivity index is 1.18. The van der Waals surface area contributed by atoms with Crippen molar-refractivity contribution in [2.24, 2.45) is 0 Å². The highest BCUT2D eigenvalue weighted by Crippen LogP contribution is 2.36. The summed E-state index contributed by atoms with van der Waals surface area (Å²) < 4.78 is 6.39. The van der Waals surface area contributed by atoms with Gasteiger partial charge in [0.25, 0.3) is 0 Å². The molecule has 0 saturated carbocycles. The summed E-state index contributed by atoms with van der Waals surface area (Å²) in [7, 11) is 0. The van der Waals surface area contributed by atoms with Crippen LogP contribution in [0.1, 0.15) is 56.3 Å². The van der Waals surface area contributed by atoms with E-state index in [0.717, 1.165) is 99.3 Å². The Labute approximate surface area is 218 Å². The van der Waals surface area contributed by atoms with E-state index < -0.39 is 6.23 Å². The number of furan rings is 1. The number of nitrogens with one attached hydrogen (secondary N) is 3. The Bertz CT molecular complexity index is 1830. The van der Waals surface area contributed by atoms with Crippen molar-refractivity contribution in [3.05, 3.63) is 54.2 Å². The van der Waals surface area contributed by atoms with Crippen LogP contribution in [0.4, 0.5) is 0 Å². The van der Waals surface area contributed by atoms with Crippen LogP contribution in [-0.2, 0) is 0 Å². The quantitative estimate of drug-likeness (QED) is 0.256. The molecule has 6 heterocycles. The average Bonchev–Trinajstić information content (AvgIpc) is 3.75. The minimum absolute atomic E-state index is 0.0556. The Kier molecular flexibility index (Phi) is 4.89. The SMILES string of the molecule is CC(O)N1CCCC1c1nc2ccc3cc(-c4cc5ccc6[nH]c(C7CCCN7)nc6c5o4)[nH]cc3c2n1. The van der Waals surface area contributed by atoms with Gasteiger partial charge in [-0.25, -0.2) is 15.0 Å². The first-order valence-corrected chi connectivity index (χ1v) is 13.5. The number of rotatable bonds is 4. The Hall–Kier alpha value is -3.79. The summed E-state index contributed by atoms with van der Waals surface area (Å²) in [5, 5.41) is 16.8. The lowest BCUT2D eigenvalue weighted by Gasteiger charge is -2.25. The zero-order chi connectivity index (χ0) is 25.4. The number of nitrogens with zero attached hydrogens (tertiary/aromatic N) is 4. The van der Waals surface area contributed by atoms with E-state index >= 15 is 0 Å². The van der Waals surface area contributed by atoms with E-state index in [4.69, 9.17) is 19.4 Å². The number of aliphatic hydroxyl groups excluding tert-OH is 1. The van der Waals surface area contributed by atoms with E-state index in [0.29, 0.717) is 0 Å². The third kappa shape index (κ3) is 3.39. The number of imidazole rings is 2. The van der Waals surface area contributed by atoms with E-state index in [2.05, 4.69) is 50.5 Å². The molecule has 3 unspecified atom stereocenters. The normalized spacial score (nSPS) is 21.5. The average molecular weight is 508 g/mol. The third-order valence-corrected chi connectivity index (χ3v) is 8.25. The molecule has 3 atom stereocenters. The number of hydrogen-bond acceptors (Lipinski definition) is 7. The van der Waals surface area contributed by atoms with Crippen LogP contribution in [0, 0.1) is 0 Å². The first kappa shape index (κ1) is 22.2. The van der Waals surface area contributed by atoms with E-state index in [9.17, 15) is 5.11 Å². The number of aromatic nitrogens is 5. The molecule has 8 rings (SSSR count). The Morgan fingerprint density at radius 2 is 1.95 bits per heavy atom. The topological polar surface area (TPSA) is 119 Å². The van der Waals surface area contributed by atoms with Crippen LogP contribution in [0.2, 0.25) is 0 Å². The van der Waals surface area contributed by atoms with Gasteiger partial charge in [0.1, 0.15) is 28.9 Å². The summed E-state index contributed by atoms with van der Waals surface area (Å²) in [5.74, 6) is 2.54. The van der Waals surface area contributed by atoms with Crippen LogP contribution in [0.15, 0.2) is 47.0 Å². The van der Waals surface area contributed by atoms with Crippen LogP contribution in [0.3, 0.4) is 0 Å². The minimum Gasteiger partial charge on any atom is -0.452 e. The van der Waals surface area contributed by atoms with E-state index in [1.807, 2.05) is 19.2 Å². The second-order valence-electron chi connectivity index (χ2n) is 10.7. The van der Waals surface area contributed by atoms with Crippen molar-refractivity contribution in [3.63, 3.8) is 0 Å². The molecule has 2 saturated heterocycles. The highest BCUT2D eigenvalue weighted by molar-refractivity contribution is 6.05. The summed E-state index contributed by atoms with van der Waals surface area (Å²) in [6, 6.07) is 12.8. The fourth-order valence-corrected chi connectivity index (χ4v) is 6.31. The minimum atomic E-state index is -0.505. The zero-order valence-electron chi connectivity index (χ0n) is 21.2. The van der Waals surface area contributed by atoms with Gasteiger partial charge in [-0.15, -0.1) is 0 Å². The number of hydrogen-bond donors (Lipinski definition) is 4. The van der Waals surface area contributed by atoms with E-state index in [1.165, 1.54) is 6.42 Å². The number of benzene rings is 2. The summed E-state index contributed by atoms with van der Waals surface area (Å²) >= 11 is 0. The van der Waals surface area contributed by atoms with E-state index in [1.54, 1.807) is 0 Å². The van der Waals surface area contributed by atoms with Gasteiger partial charge in [0.05, 0.1) is 28.8 Å². The molecule has 2 aliphatic rings.